The van der Waals surface area contributed by atoms with E-state index in [9.17, 15) is 9.59 Å². The van der Waals surface area contributed by atoms with Gasteiger partial charge >= 0.3 is 11.9 Å². The molecule has 0 amide bonds. The molecular formula is C32H25N4O4+. The van der Waals surface area contributed by atoms with Gasteiger partial charge < -0.3 is 9.47 Å². The van der Waals surface area contributed by atoms with Crippen molar-refractivity contribution in [2.75, 3.05) is 19.6 Å². The first-order valence-electron chi connectivity index (χ1n) is 12.7. The highest BCUT2D eigenvalue weighted by Gasteiger charge is 2.59. The third-order valence-electron chi connectivity index (χ3n) is 6.96. The van der Waals surface area contributed by atoms with Crippen molar-refractivity contribution in [2.45, 2.75) is 5.54 Å². The fraction of sp³-hybridized carbons (Fsp3) is 0.0938. The van der Waals surface area contributed by atoms with Gasteiger partial charge in [0.2, 0.25) is 0 Å². The van der Waals surface area contributed by atoms with Crippen LogP contribution in [0.5, 0.6) is 0 Å². The van der Waals surface area contributed by atoms with E-state index in [-0.39, 0.29) is 5.71 Å². The number of anilines is 1. The fourth-order valence-electron chi connectivity index (χ4n) is 5.21. The van der Waals surface area contributed by atoms with Gasteiger partial charge in [0.15, 0.2) is 5.71 Å². The lowest BCUT2D eigenvalue weighted by Gasteiger charge is -2.31. The van der Waals surface area contributed by atoms with E-state index in [2.05, 4.69) is 5.43 Å². The monoisotopic (exact) mass is 529 g/mol. The number of carbonyl (C=O) groups is 2. The van der Waals surface area contributed by atoms with E-state index in [4.69, 9.17) is 19.6 Å². The highest BCUT2D eigenvalue weighted by atomic mass is 16.5. The van der Waals surface area contributed by atoms with Gasteiger partial charge in [-0.3, -0.25) is 0 Å². The van der Waals surface area contributed by atoms with Gasteiger partial charge in [-0.2, -0.15) is 0 Å². The Labute approximate surface area is 230 Å². The molecule has 6 rings (SSSR count). The second kappa shape index (κ2) is 10.1. The molecule has 8 nitrogen and oxygen atoms in total. The summed E-state index contributed by atoms with van der Waals surface area (Å²) in [6.07, 6.45) is 0. The molecule has 8 heteroatoms. The fourth-order valence-corrected chi connectivity index (χ4v) is 5.21. The molecule has 0 saturated heterocycles. The molecule has 1 unspecified atom stereocenters. The summed E-state index contributed by atoms with van der Waals surface area (Å²) in [5.41, 5.74) is 3.30. The van der Waals surface area contributed by atoms with Crippen molar-refractivity contribution >= 4 is 56.3 Å². The van der Waals surface area contributed by atoms with Crippen LogP contribution in [0.15, 0.2) is 119 Å². The van der Waals surface area contributed by atoms with Gasteiger partial charge in [0.05, 0.1) is 19.9 Å². The Morgan fingerprint density at radius 3 is 1.90 bits per heavy atom. The van der Waals surface area contributed by atoms with Gasteiger partial charge in [-0.25, -0.2) is 14.6 Å². The van der Waals surface area contributed by atoms with Crippen molar-refractivity contribution in [3.05, 3.63) is 115 Å². The zero-order valence-corrected chi connectivity index (χ0v) is 21.9. The number of azo groups is 1. The van der Waals surface area contributed by atoms with Crippen molar-refractivity contribution in [1.29, 1.82) is 0 Å². The zero-order chi connectivity index (χ0) is 27.7. The molecule has 0 radical (unpaired) electrons. The minimum absolute atomic E-state index is 0.225. The van der Waals surface area contributed by atoms with Crippen LogP contribution in [0.25, 0.3) is 21.5 Å². The van der Waals surface area contributed by atoms with Crippen LogP contribution in [0.1, 0.15) is 5.56 Å². The Hall–Kier alpha value is -5.37. The molecule has 0 fully saturated rings. The molecule has 40 heavy (non-hydrogen) atoms. The Bertz CT molecular complexity index is 1830. The van der Waals surface area contributed by atoms with Crippen molar-refractivity contribution in [2.24, 2.45) is 10.1 Å². The Morgan fingerprint density at radius 1 is 0.725 bits per heavy atom. The second-order valence-electron chi connectivity index (χ2n) is 9.19. The Balaban J connectivity index is 1.84. The van der Waals surface area contributed by atoms with Crippen LogP contribution in [-0.4, -0.2) is 36.7 Å². The number of esters is 2. The first-order valence-corrected chi connectivity index (χ1v) is 12.7. The third kappa shape index (κ3) is 3.89. The van der Waals surface area contributed by atoms with Crippen LogP contribution in [-0.2, 0) is 24.6 Å². The second-order valence-corrected chi connectivity index (χ2v) is 9.19. The van der Waals surface area contributed by atoms with E-state index in [1.54, 1.807) is 24.3 Å². The Morgan fingerprint density at radius 2 is 1.27 bits per heavy atom. The first kappa shape index (κ1) is 24.9. The van der Waals surface area contributed by atoms with Crippen LogP contribution in [0.3, 0.4) is 0 Å². The van der Waals surface area contributed by atoms with Gasteiger partial charge in [-0.1, -0.05) is 84.9 Å². The number of nitrogens with one attached hydrogen (secondary N) is 1. The number of fused-ring (bicyclic) bond motifs is 6. The highest BCUT2D eigenvalue weighted by Crippen LogP contribution is 2.48. The Kier molecular flexibility index (Phi) is 6.28. The van der Waals surface area contributed by atoms with E-state index in [0.717, 1.165) is 21.5 Å². The summed E-state index contributed by atoms with van der Waals surface area (Å²) in [5.74, 6) is -1.59. The summed E-state index contributed by atoms with van der Waals surface area (Å²) < 4.78 is 10.7. The van der Waals surface area contributed by atoms with Gasteiger partial charge in [0.25, 0.3) is 11.2 Å². The predicted molar refractivity (Wildman–Crippen MR) is 153 cm³/mol. The number of hydrogen-bond donors (Lipinski definition) is 1. The summed E-state index contributed by atoms with van der Waals surface area (Å²) in [6, 6.07) is 33.8. The van der Waals surface area contributed by atoms with E-state index in [1.807, 2.05) is 84.9 Å². The molecule has 5 aromatic rings. The number of hydrogen-bond acceptors (Lipinski definition) is 7. The lowest BCUT2D eigenvalue weighted by atomic mass is 9.79. The lowest BCUT2D eigenvalue weighted by molar-refractivity contribution is -0.490. The smallest absolute Gasteiger partial charge is 0.356 e. The van der Waals surface area contributed by atoms with Gasteiger partial charge in [-0.15, -0.1) is 5.43 Å². The van der Waals surface area contributed by atoms with Crippen LogP contribution >= 0.6 is 0 Å². The molecule has 1 aliphatic heterocycles. The average Bonchev–Trinajstić information content (AvgIpc) is 3.03. The predicted octanol–water partition coefficient (Wildman–Crippen LogP) is 6.44. The van der Waals surface area contributed by atoms with Crippen molar-refractivity contribution < 1.29 is 23.9 Å². The molecule has 196 valence electrons. The summed E-state index contributed by atoms with van der Waals surface area (Å²) >= 11 is 0. The number of nitrogens with zero attached hydrogens (tertiary/aromatic N) is 3. The van der Waals surface area contributed by atoms with E-state index < -0.39 is 17.5 Å². The molecule has 0 spiro atoms. The topological polar surface area (TPSA) is 92.4 Å². The van der Waals surface area contributed by atoms with Crippen molar-refractivity contribution in [3.63, 3.8) is 0 Å². The normalized spacial score (nSPS) is 16.6. The standard InChI is InChI=1S/C32H25N4O4/c1-39-30(37)29(33-21-13-5-3-6-14-21)32(31(38)40-2)27-25-19-11-9-17-23(25)24-18-10-12-20-26(24)28(27)34-36(35-32)22-15-7-4-8-16-22/h3-20H,1-2H3,(H,34,35)/q+1. The lowest BCUT2D eigenvalue weighted by Crippen LogP contribution is -2.50. The number of carbonyl (C=O) groups excluding carboxylic acids is 2. The van der Waals surface area contributed by atoms with Gasteiger partial charge in [0.1, 0.15) is 5.69 Å². The van der Waals surface area contributed by atoms with Crippen LogP contribution < -0.4 is 5.43 Å². The van der Waals surface area contributed by atoms with Crippen LogP contribution in [0.4, 0.5) is 17.1 Å². The minimum atomic E-state index is -2.03. The molecule has 1 heterocycles. The van der Waals surface area contributed by atoms with Gasteiger partial charge in [-0.05, 0) is 28.3 Å². The summed E-state index contributed by atoms with van der Waals surface area (Å²) in [7, 11) is 2.53. The first-order chi connectivity index (χ1) is 19.6. The quantitative estimate of drug-likeness (QED) is 0.122. The van der Waals surface area contributed by atoms with E-state index >= 15 is 0 Å². The molecule has 0 bridgehead atoms. The number of methoxy groups -OCH3 is 2. The molecule has 1 N–H and O–H groups in total. The summed E-state index contributed by atoms with van der Waals surface area (Å²) in [4.78, 5) is 34.0. The molecule has 1 aliphatic rings. The van der Waals surface area contributed by atoms with Crippen LogP contribution in [0.2, 0.25) is 0 Å². The maximum absolute atomic E-state index is 14.2. The van der Waals surface area contributed by atoms with E-state index in [0.29, 0.717) is 22.6 Å². The zero-order valence-electron chi connectivity index (χ0n) is 21.9. The molecule has 0 saturated carbocycles. The van der Waals surface area contributed by atoms with Gasteiger partial charge in [0, 0.05) is 33.0 Å². The number of rotatable bonds is 5. The number of hydrazine groups is 1. The molecule has 0 aliphatic carbocycles. The maximum Gasteiger partial charge on any atom is 0.356 e. The average molecular weight is 530 g/mol. The minimum Gasteiger partial charge on any atom is -0.466 e. The van der Waals surface area contributed by atoms with Crippen molar-refractivity contribution in [3.8, 4) is 0 Å². The largest absolute Gasteiger partial charge is 0.466 e. The number of aliphatic imine (C=N–C) groups is 1. The molecule has 1 atom stereocenters. The SMILES string of the molecule is COC(=O)C(=Nc1ccccc1)C1(C(=O)OC)N=[N+](c2ccccc2)Nc2c1c1ccccc1c1ccccc21. The molecule has 5 aromatic carbocycles. The molecular weight excluding hydrogens is 504 g/mol. The summed E-state index contributed by atoms with van der Waals surface area (Å²) in [6.45, 7) is 0. The maximum atomic E-state index is 14.2. The van der Waals surface area contributed by atoms with E-state index in [1.165, 1.54) is 19.0 Å². The van der Waals surface area contributed by atoms with Crippen molar-refractivity contribution in [1.82, 2.24) is 0 Å². The highest BCUT2D eigenvalue weighted by molar-refractivity contribution is 6.46. The third-order valence-corrected chi connectivity index (χ3v) is 6.96. The number of para-hydroxylation sites is 2. The summed E-state index contributed by atoms with van der Waals surface area (Å²) in [5, 5.41) is 8.35. The number of ether oxygens (including phenoxy) is 2. The number of benzene rings is 5. The van der Waals surface area contributed by atoms with Crippen LogP contribution in [0, 0.1) is 0 Å². The molecule has 0 aromatic heterocycles.